The second-order valence-electron chi connectivity index (χ2n) is 5.95. The van der Waals surface area contributed by atoms with E-state index in [9.17, 15) is 0 Å². The molecule has 106 valence electrons. The van der Waals surface area contributed by atoms with Crippen LogP contribution in [0.2, 0.25) is 0 Å². The van der Waals surface area contributed by atoms with Crippen molar-refractivity contribution in [3.63, 3.8) is 0 Å². The molecule has 0 saturated heterocycles. The maximum Gasteiger partial charge on any atom is 0.0250 e. The molecule has 0 bridgehead atoms. The van der Waals surface area contributed by atoms with Crippen LogP contribution in [-0.2, 0) is 0 Å². The van der Waals surface area contributed by atoms with Gasteiger partial charge in [-0.25, -0.2) is 0 Å². The summed E-state index contributed by atoms with van der Waals surface area (Å²) in [6.07, 6.45) is 5.30. The molecule has 3 atom stereocenters. The van der Waals surface area contributed by atoms with E-state index in [1.54, 1.807) is 0 Å². The molecule has 2 heteroatoms. The van der Waals surface area contributed by atoms with Crippen molar-refractivity contribution in [1.82, 2.24) is 5.32 Å². The van der Waals surface area contributed by atoms with Crippen molar-refractivity contribution in [3.05, 3.63) is 29.8 Å². The van der Waals surface area contributed by atoms with Gasteiger partial charge in [0.1, 0.15) is 0 Å². The van der Waals surface area contributed by atoms with Crippen LogP contribution < -0.4 is 5.32 Å². The van der Waals surface area contributed by atoms with Crippen LogP contribution in [-0.4, -0.2) is 17.8 Å². The fourth-order valence-corrected chi connectivity index (χ4v) is 4.47. The molecule has 0 amide bonds. The van der Waals surface area contributed by atoms with Gasteiger partial charge in [-0.3, -0.25) is 0 Å². The van der Waals surface area contributed by atoms with E-state index in [0.29, 0.717) is 6.04 Å². The number of hydrogen-bond acceptors (Lipinski definition) is 2. The Balaban J connectivity index is 2.00. The molecule has 1 aromatic carbocycles. The quantitative estimate of drug-likeness (QED) is 0.841. The molecule has 1 N–H and O–H groups in total. The molecule has 1 aromatic rings. The van der Waals surface area contributed by atoms with Crippen molar-refractivity contribution in [2.24, 2.45) is 5.92 Å². The predicted molar refractivity (Wildman–Crippen MR) is 85.9 cm³/mol. The minimum atomic E-state index is 0.696. The Morgan fingerprint density at radius 2 is 2.16 bits per heavy atom. The predicted octanol–water partition coefficient (Wildman–Crippen LogP) is 4.64. The van der Waals surface area contributed by atoms with E-state index in [2.05, 4.69) is 62.1 Å². The molecule has 3 unspecified atom stereocenters. The van der Waals surface area contributed by atoms with Crippen LogP contribution in [0.25, 0.3) is 0 Å². The summed E-state index contributed by atoms with van der Waals surface area (Å²) in [5.41, 5.74) is 1.37. The van der Waals surface area contributed by atoms with E-state index >= 15 is 0 Å². The molecule has 2 rings (SSSR count). The third-order valence-corrected chi connectivity index (χ3v) is 5.34. The van der Waals surface area contributed by atoms with E-state index in [1.165, 1.54) is 36.1 Å². The van der Waals surface area contributed by atoms with Crippen molar-refractivity contribution in [2.75, 3.05) is 6.54 Å². The normalized spacial score (nSPS) is 27.4. The van der Waals surface area contributed by atoms with Crippen LogP contribution in [0.3, 0.4) is 0 Å². The SMILES string of the molecule is CCCNC1CCC(C)CC1Sc1cccc(C)c1. The van der Waals surface area contributed by atoms with E-state index < -0.39 is 0 Å². The summed E-state index contributed by atoms with van der Waals surface area (Å²) in [7, 11) is 0. The third kappa shape index (κ3) is 4.54. The summed E-state index contributed by atoms with van der Waals surface area (Å²) in [4.78, 5) is 1.43. The molecule has 19 heavy (non-hydrogen) atoms. The first kappa shape index (κ1) is 14.9. The first-order valence-corrected chi connectivity index (χ1v) is 8.53. The van der Waals surface area contributed by atoms with Gasteiger partial charge in [0.25, 0.3) is 0 Å². The summed E-state index contributed by atoms with van der Waals surface area (Å²) in [5, 5.41) is 4.49. The first-order valence-electron chi connectivity index (χ1n) is 7.65. The Bertz CT molecular complexity index is 389. The number of benzene rings is 1. The maximum atomic E-state index is 3.76. The van der Waals surface area contributed by atoms with Gasteiger partial charge in [0.05, 0.1) is 0 Å². The molecule has 1 aliphatic carbocycles. The number of nitrogens with one attached hydrogen (secondary N) is 1. The smallest absolute Gasteiger partial charge is 0.0250 e. The highest BCUT2D eigenvalue weighted by Gasteiger charge is 2.28. The van der Waals surface area contributed by atoms with E-state index in [0.717, 1.165) is 17.7 Å². The Morgan fingerprint density at radius 3 is 2.89 bits per heavy atom. The molecular weight excluding hydrogens is 250 g/mol. The van der Waals surface area contributed by atoms with Gasteiger partial charge in [-0.05, 0) is 57.2 Å². The summed E-state index contributed by atoms with van der Waals surface area (Å²) >= 11 is 2.08. The molecule has 0 heterocycles. The van der Waals surface area contributed by atoms with Crippen LogP contribution in [0.15, 0.2) is 29.2 Å². The molecule has 0 spiro atoms. The Hall–Kier alpha value is -0.470. The number of rotatable bonds is 5. The highest BCUT2D eigenvalue weighted by Crippen LogP contribution is 2.36. The van der Waals surface area contributed by atoms with Gasteiger partial charge < -0.3 is 5.32 Å². The van der Waals surface area contributed by atoms with Crippen LogP contribution in [0.5, 0.6) is 0 Å². The van der Waals surface area contributed by atoms with Crippen molar-refractivity contribution >= 4 is 11.8 Å². The zero-order valence-corrected chi connectivity index (χ0v) is 13.3. The van der Waals surface area contributed by atoms with Crippen molar-refractivity contribution < 1.29 is 0 Å². The lowest BCUT2D eigenvalue weighted by Gasteiger charge is -2.35. The number of thioether (sulfide) groups is 1. The van der Waals surface area contributed by atoms with Crippen LogP contribution >= 0.6 is 11.8 Å². The molecule has 0 aromatic heterocycles. The molecular formula is C17H27NS. The fraction of sp³-hybridized carbons (Fsp3) is 0.647. The average molecular weight is 277 g/mol. The Morgan fingerprint density at radius 1 is 1.32 bits per heavy atom. The summed E-state index contributed by atoms with van der Waals surface area (Å²) in [5.74, 6) is 0.877. The van der Waals surface area contributed by atoms with Gasteiger partial charge in [-0.1, -0.05) is 31.5 Å². The van der Waals surface area contributed by atoms with E-state index in [1.807, 2.05) is 0 Å². The molecule has 0 radical (unpaired) electrons. The topological polar surface area (TPSA) is 12.0 Å². The highest BCUT2D eigenvalue weighted by atomic mass is 32.2. The zero-order chi connectivity index (χ0) is 13.7. The summed E-state index contributed by atoms with van der Waals surface area (Å²) < 4.78 is 0. The van der Waals surface area contributed by atoms with Crippen molar-refractivity contribution in [3.8, 4) is 0 Å². The number of aryl methyl sites for hydroxylation is 1. The van der Waals surface area contributed by atoms with E-state index in [4.69, 9.17) is 0 Å². The molecule has 1 fully saturated rings. The minimum absolute atomic E-state index is 0.696. The van der Waals surface area contributed by atoms with Gasteiger partial charge in [-0.2, -0.15) is 0 Å². The Kier molecular flexibility index (Phi) is 5.77. The fourth-order valence-electron chi connectivity index (χ4n) is 2.89. The van der Waals surface area contributed by atoms with E-state index in [-0.39, 0.29) is 0 Å². The Labute approximate surface area is 122 Å². The van der Waals surface area contributed by atoms with Gasteiger partial charge in [0.15, 0.2) is 0 Å². The van der Waals surface area contributed by atoms with Crippen LogP contribution in [0.4, 0.5) is 0 Å². The lowest BCUT2D eigenvalue weighted by Crippen LogP contribution is -2.42. The van der Waals surface area contributed by atoms with Crippen molar-refractivity contribution in [1.29, 1.82) is 0 Å². The summed E-state index contributed by atoms with van der Waals surface area (Å²) in [6.45, 7) is 7.99. The summed E-state index contributed by atoms with van der Waals surface area (Å²) in [6, 6.07) is 9.63. The van der Waals surface area contributed by atoms with Crippen LogP contribution in [0, 0.1) is 12.8 Å². The van der Waals surface area contributed by atoms with Gasteiger partial charge in [-0.15, -0.1) is 11.8 Å². The van der Waals surface area contributed by atoms with Gasteiger partial charge in [0, 0.05) is 16.2 Å². The molecule has 0 aliphatic heterocycles. The highest BCUT2D eigenvalue weighted by molar-refractivity contribution is 8.00. The van der Waals surface area contributed by atoms with Gasteiger partial charge in [0.2, 0.25) is 0 Å². The van der Waals surface area contributed by atoms with Gasteiger partial charge >= 0.3 is 0 Å². The maximum absolute atomic E-state index is 3.76. The average Bonchev–Trinajstić information content (AvgIpc) is 2.38. The zero-order valence-electron chi connectivity index (χ0n) is 12.5. The molecule has 1 saturated carbocycles. The lowest BCUT2D eigenvalue weighted by atomic mass is 9.87. The monoisotopic (exact) mass is 277 g/mol. The third-order valence-electron chi connectivity index (χ3n) is 3.99. The first-order chi connectivity index (χ1) is 9.19. The van der Waals surface area contributed by atoms with Crippen LogP contribution in [0.1, 0.15) is 45.1 Å². The van der Waals surface area contributed by atoms with Crippen molar-refractivity contribution in [2.45, 2.75) is 62.6 Å². The molecule has 1 aliphatic rings. The molecule has 1 nitrogen and oxygen atoms in total. The standard InChI is InChI=1S/C17H27NS/c1-4-10-18-16-9-8-14(3)12-17(16)19-15-7-5-6-13(2)11-15/h5-7,11,14,16-18H,4,8-10,12H2,1-3H3. The minimum Gasteiger partial charge on any atom is -0.313 e. The lowest BCUT2D eigenvalue weighted by molar-refractivity contribution is 0.317. The largest absolute Gasteiger partial charge is 0.313 e. The second kappa shape index (κ2) is 7.35. The number of hydrogen-bond donors (Lipinski definition) is 1. The second-order valence-corrected chi connectivity index (χ2v) is 7.26.